The third kappa shape index (κ3) is 3.41. The molecule has 1 aliphatic heterocycles. The third-order valence-corrected chi connectivity index (χ3v) is 4.97. The third-order valence-electron chi connectivity index (χ3n) is 4.97. The van der Waals surface area contributed by atoms with Gasteiger partial charge in [-0.2, -0.15) is 0 Å². The van der Waals surface area contributed by atoms with Crippen LogP contribution < -0.4 is 4.90 Å². The minimum Gasteiger partial charge on any atom is -0.449 e. The summed E-state index contributed by atoms with van der Waals surface area (Å²) in [5.41, 5.74) is 2.97. The minimum absolute atomic E-state index is 0.114. The first kappa shape index (κ1) is 18.3. The molecule has 0 saturated carbocycles. The van der Waals surface area contributed by atoms with E-state index in [2.05, 4.69) is 30.9 Å². The van der Waals surface area contributed by atoms with Crippen LogP contribution in [0.4, 0.5) is 5.69 Å². The molecule has 0 radical (unpaired) electrons. The Labute approximate surface area is 154 Å². The summed E-state index contributed by atoms with van der Waals surface area (Å²) in [5.74, 6) is 0.705. The Morgan fingerprint density at radius 2 is 1.73 bits per heavy atom. The molecule has 6 nitrogen and oxygen atoms in total. The van der Waals surface area contributed by atoms with Gasteiger partial charge in [0.2, 0.25) is 5.91 Å². The van der Waals surface area contributed by atoms with Crippen LogP contribution in [0.2, 0.25) is 0 Å². The maximum Gasteiger partial charge on any atom is 0.289 e. The number of carbonyl (C=O) groups excluding carboxylic acids is 2. The van der Waals surface area contributed by atoms with Gasteiger partial charge in [-0.15, -0.1) is 0 Å². The number of nitrogens with zero attached hydrogens (tertiary/aromatic N) is 3. The summed E-state index contributed by atoms with van der Waals surface area (Å²) >= 11 is 0. The Hall–Kier alpha value is -2.50. The highest BCUT2D eigenvalue weighted by molar-refractivity contribution is 5.99. The minimum atomic E-state index is -0.139. The molecule has 26 heavy (non-hydrogen) atoms. The molecule has 2 heterocycles. The highest BCUT2D eigenvalue weighted by Crippen LogP contribution is 2.34. The molecule has 0 unspecified atom stereocenters. The van der Waals surface area contributed by atoms with Crippen molar-refractivity contribution >= 4 is 28.5 Å². The number of piperazine rings is 1. The van der Waals surface area contributed by atoms with Crippen molar-refractivity contribution in [1.82, 2.24) is 9.80 Å². The zero-order valence-electron chi connectivity index (χ0n) is 16.2. The normalized spacial score (nSPS) is 15.0. The predicted molar refractivity (Wildman–Crippen MR) is 103 cm³/mol. The maximum absolute atomic E-state index is 12.3. The van der Waals surface area contributed by atoms with Crippen molar-refractivity contribution in [3.05, 3.63) is 29.5 Å². The molecular formula is C20H27N3O3. The molecule has 140 valence electrons. The molecule has 1 aliphatic rings. The second-order valence-corrected chi connectivity index (χ2v) is 7.42. The first-order valence-electron chi connectivity index (χ1n) is 9.07. The molecule has 1 fully saturated rings. The van der Waals surface area contributed by atoms with Crippen LogP contribution in [0.15, 0.2) is 22.6 Å². The Kier molecular flexibility index (Phi) is 4.94. The van der Waals surface area contributed by atoms with Crippen molar-refractivity contribution < 1.29 is 14.0 Å². The van der Waals surface area contributed by atoms with Crippen molar-refractivity contribution in [2.24, 2.45) is 0 Å². The monoisotopic (exact) mass is 357 g/mol. The second kappa shape index (κ2) is 7.02. The first-order chi connectivity index (χ1) is 12.3. The smallest absolute Gasteiger partial charge is 0.289 e. The van der Waals surface area contributed by atoms with Gasteiger partial charge < -0.3 is 19.1 Å². The number of anilines is 1. The molecule has 0 bridgehead atoms. The van der Waals surface area contributed by atoms with Crippen LogP contribution in [0.5, 0.6) is 0 Å². The molecule has 1 saturated heterocycles. The standard InChI is InChI=1S/C20H27N3O3/c1-13(2)15-10-16-12-18(20(25)21(4)5)26-19(16)17(11-15)23-8-6-22(7-9-23)14(3)24/h10-13H,6-9H2,1-5H3. The lowest BCUT2D eigenvalue weighted by Gasteiger charge is -2.35. The largest absolute Gasteiger partial charge is 0.449 e. The Morgan fingerprint density at radius 1 is 1.08 bits per heavy atom. The molecule has 3 rings (SSSR count). The van der Waals surface area contributed by atoms with Crippen LogP contribution in [-0.2, 0) is 4.79 Å². The van der Waals surface area contributed by atoms with E-state index in [-0.39, 0.29) is 11.8 Å². The molecule has 2 aromatic rings. The van der Waals surface area contributed by atoms with Crippen LogP contribution in [0.3, 0.4) is 0 Å². The van der Waals surface area contributed by atoms with Gasteiger partial charge in [-0.05, 0) is 29.7 Å². The summed E-state index contributed by atoms with van der Waals surface area (Å²) in [4.78, 5) is 29.5. The first-order valence-corrected chi connectivity index (χ1v) is 9.07. The van der Waals surface area contributed by atoms with Gasteiger partial charge in [0.15, 0.2) is 11.3 Å². The van der Waals surface area contributed by atoms with Gasteiger partial charge in [0.25, 0.3) is 5.91 Å². The van der Waals surface area contributed by atoms with Crippen LogP contribution in [0.1, 0.15) is 42.8 Å². The molecule has 0 N–H and O–H groups in total. The molecule has 2 amide bonds. The topological polar surface area (TPSA) is 57.0 Å². The summed E-state index contributed by atoms with van der Waals surface area (Å²) in [5, 5.41) is 0.949. The lowest BCUT2D eigenvalue weighted by atomic mass is 10.00. The van der Waals surface area contributed by atoms with Gasteiger partial charge in [0.05, 0.1) is 5.69 Å². The van der Waals surface area contributed by atoms with E-state index in [0.717, 1.165) is 29.7 Å². The fourth-order valence-electron chi connectivity index (χ4n) is 3.31. The molecule has 0 aliphatic carbocycles. The van der Waals surface area contributed by atoms with Gasteiger partial charge >= 0.3 is 0 Å². The van der Waals surface area contributed by atoms with E-state index >= 15 is 0 Å². The summed E-state index contributed by atoms with van der Waals surface area (Å²) in [6, 6.07) is 6.09. The number of benzene rings is 1. The average Bonchev–Trinajstić information content (AvgIpc) is 3.04. The zero-order valence-corrected chi connectivity index (χ0v) is 16.2. The summed E-state index contributed by atoms with van der Waals surface area (Å²) in [6.45, 7) is 8.84. The van der Waals surface area contributed by atoms with Crippen LogP contribution in [-0.4, -0.2) is 61.9 Å². The number of amides is 2. The van der Waals surface area contributed by atoms with E-state index in [4.69, 9.17) is 4.42 Å². The number of carbonyl (C=O) groups is 2. The fourth-order valence-corrected chi connectivity index (χ4v) is 3.31. The highest BCUT2D eigenvalue weighted by Gasteiger charge is 2.24. The van der Waals surface area contributed by atoms with E-state index < -0.39 is 0 Å². The van der Waals surface area contributed by atoms with Gasteiger partial charge in [-0.3, -0.25) is 9.59 Å². The number of fused-ring (bicyclic) bond motifs is 1. The van der Waals surface area contributed by atoms with E-state index in [1.807, 2.05) is 11.0 Å². The van der Waals surface area contributed by atoms with E-state index in [9.17, 15) is 9.59 Å². The van der Waals surface area contributed by atoms with Gasteiger partial charge in [0, 0.05) is 52.6 Å². The summed E-state index contributed by atoms with van der Waals surface area (Å²) < 4.78 is 5.97. The van der Waals surface area contributed by atoms with Gasteiger partial charge in [-0.1, -0.05) is 13.8 Å². The molecule has 0 atom stereocenters. The van der Waals surface area contributed by atoms with Crippen molar-refractivity contribution in [3.8, 4) is 0 Å². The Morgan fingerprint density at radius 3 is 2.27 bits per heavy atom. The van der Waals surface area contributed by atoms with Crippen molar-refractivity contribution in [2.45, 2.75) is 26.7 Å². The van der Waals surface area contributed by atoms with Crippen molar-refractivity contribution in [3.63, 3.8) is 0 Å². The van der Waals surface area contributed by atoms with Crippen LogP contribution in [0, 0.1) is 0 Å². The van der Waals surface area contributed by atoms with E-state index in [1.54, 1.807) is 21.0 Å². The number of furan rings is 1. The number of hydrogen-bond acceptors (Lipinski definition) is 4. The Balaban J connectivity index is 2.02. The number of rotatable bonds is 3. The number of hydrogen-bond donors (Lipinski definition) is 0. The lowest BCUT2D eigenvalue weighted by molar-refractivity contribution is -0.129. The van der Waals surface area contributed by atoms with Crippen LogP contribution >= 0.6 is 0 Å². The zero-order chi connectivity index (χ0) is 19.0. The van der Waals surface area contributed by atoms with E-state index in [1.165, 1.54) is 10.5 Å². The fraction of sp³-hybridized carbons (Fsp3) is 0.500. The quantitative estimate of drug-likeness (QED) is 0.847. The highest BCUT2D eigenvalue weighted by atomic mass is 16.3. The summed E-state index contributed by atoms with van der Waals surface area (Å²) in [6.07, 6.45) is 0. The Bertz CT molecular complexity index is 830. The summed E-state index contributed by atoms with van der Waals surface area (Å²) in [7, 11) is 3.44. The van der Waals surface area contributed by atoms with Gasteiger partial charge in [-0.25, -0.2) is 0 Å². The lowest BCUT2D eigenvalue weighted by Crippen LogP contribution is -2.48. The molecule has 6 heteroatoms. The van der Waals surface area contributed by atoms with Crippen LogP contribution in [0.25, 0.3) is 11.0 Å². The SMILES string of the molecule is CC(=O)N1CCN(c2cc(C(C)C)cc3cc(C(=O)N(C)C)oc23)CC1. The molecule has 1 aromatic heterocycles. The molecule has 1 aromatic carbocycles. The van der Waals surface area contributed by atoms with E-state index in [0.29, 0.717) is 24.8 Å². The van der Waals surface area contributed by atoms with Gasteiger partial charge in [0.1, 0.15) is 0 Å². The van der Waals surface area contributed by atoms with Crippen molar-refractivity contribution in [2.75, 3.05) is 45.2 Å². The second-order valence-electron chi connectivity index (χ2n) is 7.42. The van der Waals surface area contributed by atoms with Crippen molar-refractivity contribution in [1.29, 1.82) is 0 Å². The average molecular weight is 357 g/mol. The molecular weight excluding hydrogens is 330 g/mol. The predicted octanol–water partition coefficient (Wildman–Crippen LogP) is 2.93. The molecule has 0 spiro atoms. The maximum atomic E-state index is 12.3.